The van der Waals surface area contributed by atoms with E-state index in [9.17, 15) is 0 Å². The van der Waals surface area contributed by atoms with Gasteiger partial charge in [-0.3, -0.25) is 0 Å². The van der Waals surface area contributed by atoms with E-state index < -0.39 is 0 Å². The lowest BCUT2D eigenvalue weighted by molar-refractivity contribution is 0.264. The molecule has 0 aromatic heterocycles. The SMILES string of the molecule is N[C@@H](c1ccc(Cl)c(Br)c1)C1CCC1. The fourth-order valence-electron chi connectivity index (χ4n) is 1.79. The van der Waals surface area contributed by atoms with Gasteiger partial charge in [0, 0.05) is 10.5 Å². The molecule has 1 nitrogen and oxygen atoms in total. The van der Waals surface area contributed by atoms with E-state index in [1.165, 1.54) is 24.8 Å². The zero-order valence-electron chi connectivity index (χ0n) is 7.84. The molecular weight excluding hydrogens is 261 g/mol. The molecule has 0 saturated heterocycles. The minimum absolute atomic E-state index is 0.178. The molecule has 2 N–H and O–H groups in total. The Hall–Kier alpha value is -0.0500. The molecule has 0 amide bonds. The van der Waals surface area contributed by atoms with Crippen LogP contribution in [0.1, 0.15) is 30.9 Å². The highest BCUT2D eigenvalue weighted by molar-refractivity contribution is 9.10. The molecule has 0 bridgehead atoms. The Bertz CT molecular complexity index is 336. The van der Waals surface area contributed by atoms with E-state index in [1.54, 1.807) is 0 Å². The fourth-order valence-corrected chi connectivity index (χ4v) is 2.30. The van der Waals surface area contributed by atoms with Gasteiger partial charge in [0.2, 0.25) is 0 Å². The summed E-state index contributed by atoms with van der Waals surface area (Å²) >= 11 is 9.34. The second kappa shape index (κ2) is 4.21. The van der Waals surface area contributed by atoms with Crippen LogP contribution in [-0.2, 0) is 0 Å². The second-order valence-corrected chi connectivity index (χ2v) is 5.15. The average molecular weight is 275 g/mol. The number of hydrogen-bond acceptors (Lipinski definition) is 1. The fraction of sp³-hybridized carbons (Fsp3) is 0.455. The summed E-state index contributed by atoms with van der Waals surface area (Å²) < 4.78 is 0.937. The Balaban J connectivity index is 2.18. The van der Waals surface area contributed by atoms with Crippen LogP contribution in [0, 0.1) is 5.92 Å². The first-order chi connectivity index (χ1) is 6.68. The van der Waals surface area contributed by atoms with Gasteiger partial charge in [-0.15, -0.1) is 0 Å². The zero-order valence-corrected chi connectivity index (χ0v) is 10.2. The first kappa shape index (κ1) is 10.5. The Morgan fingerprint density at radius 3 is 2.64 bits per heavy atom. The molecule has 0 spiro atoms. The van der Waals surface area contributed by atoms with Gasteiger partial charge in [0.1, 0.15) is 0 Å². The van der Waals surface area contributed by atoms with Crippen LogP contribution in [0.4, 0.5) is 0 Å². The van der Waals surface area contributed by atoms with Gasteiger partial charge in [0.25, 0.3) is 0 Å². The summed E-state index contributed by atoms with van der Waals surface area (Å²) in [4.78, 5) is 0. The number of benzene rings is 1. The first-order valence-corrected chi connectivity index (χ1v) is 6.06. The van der Waals surface area contributed by atoms with Crippen molar-refractivity contribution in [3.05, 3.63) is 33.3 Å². The molecule has 1 aromatic carbocycles. The Morgan fingerprint density at radius 1 is 1.43 bits per heavy atom. The molecule has 0 unspecified atom stereocenters. The minimum Gasteiger partial charge on any atom is -0.324 e. The summed E-state index contributed by atoms with van der Waals surface area (Å²) in [6, 6.07) is 6.14. The van der Waals surface area contributed by atoms with E-state index in [1.807, 2.05) is 18.2 Å². The third-order valence-electron chi connectivity index (χ3n) is 2.99. The Morgan fingerprint density at radius 2 is 2.14 bits per heavy atom. The molecular formula is C11H13BrClN. The lowest BCUT2D eigenvalue weighted by atomic mass is 9.78. The summed E-state index contributed by atoms with van der Waals surface area (Å²) in [6.45, 7) is 0. The smallest absolute Gasteiger partial charge is 0.0548 e. The largest absolute Gasteiger partial charge is 0.324 e. The molecule has 76 valence electrons. The monoisotopic (exact) mass is 273 g/mol. The van der Waals surface area contributed by atoms with E-state index in [0.717, 1.165) is 9.50 Å². The standard InChI is InChI=1S/C11H13BrClN/c12-9-6-8(4-5-10(9)13)11(14)7-2-1-3-7/h4-7,11H,1-3,14H2/t11-/m1/s1. The summed E-state index contributed by atoms with van der Waals surface area (Å²) in [7, 11) is 0. The van der Waals surface area contributed by atoms with Crippen LogP contribution in [-0.4, -0.2) is 0 Å². The maximum absolute atomic E-state index is 6.16. The van der Waals surface area contributed by atoms with Crippen LogP contribution in [0.3, 0.4) is 0 Å². The predicted molar refractivity (Wildman–Crippen MR) is 63.4 cm³/mol. The molecule has 2 rings (SSSR count). The van der Waals surface area contributed by atoms with E-state index in [0.29, 0.717) is 5.92 Å². The van der Waals surface area contributed by atoms with Gasteiger partial charge in [-0.25, -0.2) is 0 Å². The molecule has 3 heteroatoms. The molecule has 1 aliphatic carbocycles. The molecule has 0 aliphatic heterocycles. The molecule has 1 aromatic rings. The summed E-state index contributed by atoms with van der Waals surface area (Å²) in [6.07, 6.45) is 3.86. The lowest BCUT2D eigenvalue weighted by Gasteiger charge is -2.31. The average Bonchev–Trinajstić information content (AvgIpc) is 2.06. The van der Waals surface area contributed by atoms with E-state index >= 15 is 0 Å². The topological polar surface area (TPSA) is 26.0 Å². The van der Waals surface area contributed by atoms with Gasteiger partial charge in [-0.1, -0.05) is 24.1 Å². The van der Waals surface area contributed by atoms with Crippen molar-refractivity contribution in [2.75, 3.05) is 0 Å². The van der Waals surface area contributed by atoms with Crippen LogP contribution >= 0.6 is 27.5 Å². The number of hydrogen-bond donors (Lipinski definition) is 1. The van der Waals surface area contributed by atoms with E-state index in [2.05, 4.69) is 15.9 Å². The molecule has 0 radical (unpaired) electrons. The lowest BCUT2D eigenvalue weighted by Crippen LogP contribution is -2.26. The van der Waals surface area contributed by atoms with Gasteiger partial charge >= 0.3 is 0 Å². The van der Waals surface area contributed by atoms with Crippen molar-refractivity contribution in [1.29, 1.82) is 0 Å². The molecule has 1 aliphatic rings. The van der Waals surface area contributed by atoms with Crippen molar-refractivity contribution in [1.82, 2.24) is 0 Å². The molecule has 0 heterocycles. The summed E-state index contributed by atoms with van der Waals surface area (Å²) in [5, 5.41) is 0.745. The number of nitrogens with two attached hydrogens (primary N) is 1. The minimum atomic E-state index is 0.178. The highest BCUT2D eigenvalue weighted by atomic mass is 79.9. The Kier molecular flexibility index (Phi) is 3.15. The maximum Gasteiger partial charge on any atom is 0.0548 e. The van der Waals surface area contributed by atoms with Crippen molar-refractivity contribution in [2.24, 2.45) is 11.7 Å². The third kappa shape index (κ3) is 1.97. The van der Waals surface area contributed by atoms with Gasteiger partial charge in [-0.2, -0.15) is 0 Å². The van der Waals surface area contributed by atoms with Crippen molar-refractivity contribution < 1.29 is 0 Å². The molecule has 1 saturated carbocycles. The van der Waals surface area contributed by atoms with Gasteiger partial charge < -0.3 is 5.73 Å². The van der Waals surface area contributed by atoms with Crippen LogP contribution in [0.2, 0.25) is 5.02 Å². The molecule has 14 heavy (non-hydrogen) atoms. The van der Waals surface area contributed by atoms with Gasteiger partial charge in [0.15, 0.2) is 0 Å². The van der Waals surface area contributed by atoms with Crippen molar-refractivity contribution >= 4 is 27.5 Å². The predicted octanol–water partition coefficient (Wildman–Crippen LogP) is 3.90. The van der Waals surface area contributed by atoms with Crippen LogP contribution < -0.4 is 5.73 Å². The second-order valence-electron chi connectivity index (χ2n) is 3.89. The maximum atomic E-state index is 6.16. The van der Waals surface area contributed by atoms with Gasteiger partial charge in [0.05, 0.1) is 5.02 Å². The summed E-state index contributed by atoms with van der Waals surface area (Å²) in [5.74, 6) is 0.670. The van der Waals surface area contributed by atoms with E-state index in [-0.39, 0.29) is 6.04 Å². The molecule has 1 fully saturated rings. The van der Waals surface area contributed by atoms with Crippen molar-refractivity contribution in [3.63, 3.8) is 0 Å². The third-order valence-corrected chi connectivity index (χ3v) is 4.20. The van der Waals surface area contributed by atoms with Crippen LogP contribution in [0.5, 0.6) is 0 Å². The van der Waals surface area contributed by atoms with Crippen molar-refractivity contribution in [3.8, 4) is 0 Å². The highest BCUT2D eigenvalue weighted by Crippen LogP contribution is 2.37. The van der Waals surface area contributed by atoms with E-state index in [4.69, 9.17) is 17.3 Å². The normalized spacial score (nSPS) is 19.1. The number of rotatable bonds is 2. The highest BCUT2D eigenvalue weighted by Gasteiger charge is 2.25. The van der Waals surface area contributed by atoms with Crippen LogP contribution in [0.15, 0.2) is 22.7 Å². The van der Waals surface area contributed by atoms with Crippen LogP contribution in [0.25, 0.3) is 0 Å². The summed E-state index contributed by atoms with van der Waals surface area (Å²) in [5.41, 5.74) is 7.34. The van der Waals surface area contributed by atoms with Gasteiger partial charge in [-0.05, 0) is 52.4 Å². The first-order valence-electron chi connectivity index (χ1n) is 4.89. The Labute approximate surface area is 97.8 Å². The molecule has 1 atom stereocenters. The number of halogens is 2. The zero-order chi connectivity index (χ0) is 10.1. The quantitative estimate of drug-likeness (QED) is 0.869. The van der Waals surface area contributed by atoms with Crippen molar-refractivity contribution in [2.45, 2.75) is 25.3 Å².